The number of nitrogens with zero attached hydrogens (tertiary/aromatic N) is 1. The summed E-state index contributed by atoms with van der Waals surface area (Å²) in [5.74, 6) is -1.10. The van der Waals surface area contributed by atoms with Crippen molar-refractivity contribution in [1.82, 2.24) is 15.5 Å². The summed E-state index contributed by atoms with van der Waals surface area (Å²) >= 11 is 5.79. The van der Waals surface area contributed by atoms with Gasteiger partial charge in [-0.3, -0.25) is 4.79 Å². The Kier molecular flexibility index (Phi) is 5.63. The van der Waals surface area contributed by atoms with E-state index in [0.717, 1.165) is 10.5 Å². The molecule has 0 saturated carbocycles. The molecular formula is C15H18ClN3O5. The molecule has 0 aromatic heterocycles. The molecular weight excluding hydrogens is 338 g/mol. The minimum Gasteiger partial charge on any atom is -0.481 e. The van der Waals surface area contributed by atoms with E-state index in [2.05, 4.69) is 10.6 Å². The predicted molar refractivity (Wildman–Crippen MR) is 85.7 cm³/mol. The number of nitrogens with one attached hydrogen (secondary N) is 2. The van der Waals surface area contributed by atoms with E-state index in [1.807, 2.05) is 0 Å². The molecule has 0 radical (unpaired) electrons. The SMILES string of the molecule is CNC(=O)N(CC1(C(=O)O)COC1)C(=O)NCc1ccc(Cl)cc1. The van der Waals surface area contributed by atoms with Crippen molar-refractivity contribution in [3.8, 4) is 0 Å². The first-order chi connectivity index (χ1) is 11.4. The Morgan fingerprint density at radius 3 is 2.33 bits per heavy atom. The van der Waals surface area contributed by atoms with E-state index >= 15 is 0 Å². The Balaban J connectivity index is 2.04. The van der Waals surface area contributed by atoms with E-state index in [0.29, 0.717) is 5.02 Å². The van der Waals surface area contributed by atoms with Crippen LogP contribution >= 0.6 is 11.6 Å². The van der Waals surface area contributed by atoms with Crippen LogP contribution in [0.1, 0.15) is 5.56 Å². The number of ether oxygens (including phenoxy) is 1. The average Bonchev–Trinajstić information content (AvgIpc) is 2.52. The molecule has 2 rings (SSSR count). The largest absolute Gasteiger partial charge is 0.481 e. The van der Waals surface area contributed by atoms with Crippen LogP contribution in [0.3, 0.4) is 0 Å². The molecule has 24 heavy (non-hydrogen) atoms. The lowest BCUT2D eigenvalue weighted by Gasteiger charge is -2.39. The maximum Gasteiger partial charge on any atom is 0.325 e. The van der Waals surface area contributed by atoms with Crippen molar-refractivity contribution in [2.45, 2.75) is 6.54 Å². The fourth-order valence-corrected chi connectivity index (χ4v) is 2.31. The number of carbonyl (C=O) groups is 3. The number of halogens is 1. The average molecular weight is 356 g/mol. The molecule has 1 aromatic rings. The second-order valence-corrected chi connectivity index (χ2v) is 5.94. The van der Waals surface area contributed by atoms with E-state index in [1.165, 1.54) is 7.05 Å². The third kappa shape index (κ3) is 3.95. The van der Waals surface area contributed by atoms with Crippen molar-refractivity contribution >= 4 is 29.6 Å². The number of rotatable bonds is 5. The van der Waals surface area contributed by atoms with Gasteiger partial charge in [-0.25, -0.2) is 14.5 Å². The first-order valence-corrected chi connectivity index (χ1v) is 7.58. The van der Waals surface area contributed by atoms with E-state index < -0.39 is 23.4 Å². The lowest BCUT2D eigenvalue weighted by atomic mass is 9.85. The first-order valence-electron chi connectivity index (χ1n) is 7.20. The highest BCUT2D eigenvalue weighted by atomic mass is 35.5. The molecule has 0 spiro atoms. The molecule has 1 fully saturated rings. The standard InChI is InChI=1S/C15H18ClN3O5/c1-17-13(22)19(7-15(12(20)21)8-24-9-15)14(23)18-6-10-2-4-11(16)5-3-10/h2-5H,6-9H2,1H3,(H,17,22)(H,18,23)(H,20,21). The Morgan fingerprint density at radius 2 is 1.88 bits per heavy atom. The van der Waals surface area contributed by atoms with Crippen LogP contribution in [-0.2, 0) is 16.1 Å². The molecule has 1 aliphatic heterocycles. The number of hydrogen-bond acceptors (Lipinski definition) is 4. The highest BCUT2D eigenvalue weighted by molar-refractivity contribution is 6.30. The Morgan fingerprint density at radius 1 is 1.25 bits per heavy atom. The highest BCUT2D eigenvalue weighted by Gasteiger charge is 2.49. The monoisotopic (exact) mass is 355 g/mol. The molecule has 1 saturated heterocycles. The Bertz CT molecular complexity index is 631. The van der Waals surface area contributed by atoms with Crippen molar-refractivity contribution in [3.05, 3.63) is 34.9 Å². The van der Waals surface area contributed by atoms with Gasteiger partial charge in [-0.1, -0.05) is 23.7 Å². The molecule has 1 heterocycles. The summed E-state index contributed by atoms with van der Waals surface area (Å²) in [6.45, 7) is -0.172. The molecule has 3 N–H and O–H groups in total. The van der Waals surface area contributed by atoms with Gasteiger partial charge in [0.25, 0.3) is 0 Å². The fraction of sp³-hybridized carbons (Fsp3) is 0.400. The summed E-state index contributed by atoms with van der Waals surface area (Å²) in [7, 11) is 1.37. The van der Waals surface area contributed by atoms with Crippen LogP contribution in [0.5, 0.6) is 0 Å². The van der Waals surface area contributed by atoms with Crippen molar-refractivity contribution in [2.24, 2.45) is 5.41 Å². The molecule has 1 aliphatic rings. The van der Waals surface area contributed by atoms with E-state index in [1.54, 1.807) is 24.3 Å². The lowest BCUT2D eigenvalue weighted by molar-refractivity contribution is -0.180. The van der Waals surface area contributed by atoms with E-state index in [9.17, 15) is 19.5 Å². The van der Waals surface area contributed by atoms with Gasteiger partial charge >= 0.3 is 18.0 Å². The van der Waals surface area contributed by atoms with Crippen LogP contribution in [0.4, 0.5) is 9.59 Å². The number of hydrogen-bond donors (Lipinski definition) is 3. The number of urea groups is 2. The van der Waals surface area contributed by atoms with Gasteiger partial charge in [0.1, 0.15) is 5.41 Å². The van der Waals surface area contributed by atoms with Gasteiger partial charge in [0.05, 0.1) is 19.8 Å². The molecule has 4 amide bonds. The van der Waals surface area contributed by atoms with Crippen molar-refractivity contribution in [2.75, 3.05) is 26.8 Å². The Labute approximate surface area is 143 Å². The summed E-state index contributed by atoms with van der Waals surface area (Å²) in [6.07, 6.45) is 0. The van der Waals surface area contributed by atoms with Crippen molar-refractivity contribution < 1.29 is 24.2 Å². The number of aliphatic carboxylic acids is 1. The van der Waals surface area contributed by atoms with Crippen molar-refractivity contribution in [3.63, 3.8) is 0 Å². The number of amides is 4. The first kappa shape index (κ1) is 18.0. The highest BCUT2D eigenvalue weighted by Crippen LogP contribution is 2.29. The number of benzene rings is 1. The summed E-state index contributed by atoms with van der Waals surface area (Å²) in [5, 5.41) is 14.8. The zero-order valence-corrected chi connectivity index (χ0v) is 13.8. The topological polar surface area (TPSA) is 108 Å². The van der Waals surface area contributed by atoms with Gasteiger partial charge in [0, 0.05) is 18.6 Å². The number of carbonyl (C=O) groups excluding carboxylic acids is 2. The molecule has 0 unspecified atom stereocenters. The quantitative estimate of drug-likeness (QED) is 0.737. The molecule has 0 aliphatic carbocycles. The van der Waals surface area contributed by atoms with Gasteiger partial charge in [0.2, 0.25) is 0 Å². The third-order valence-electron chi connectivity index (χ3n) is 3.73. The van der Waals surface area contributed by atoms with Crippen LogP contribution < -0.4 is 10.6 Å². The molecule has 9 heteroatoms. The van der Waals surface area contributed by atoms with Gasteiger partial charge in [-0.15, -0.1) is 0 Å². The van der Waals surface area contributed by atoms with Crippen LogP contribution in [0.15, 0.2) is 24.3 Å². The van der Waals surface area contributed by atoms with E-state index in [-0.39, 0.29) is 26.3 Å². The predicted octanol–water partition coefficient (Wildman–Crippen LogP) is 1.29. The zero-order valence-electron chi connectivity index (χ0n) is 13.0. The number of carboxylic acids is 1. The van der Waals surface area contributed by atoms with Gasteiger partial charge in [-0.2, -0.15) is 0 Å². The third-order valence-corrected chi connectivity index (χ3v) is 3.98. The van der Waals surface area contributed by atoms with E-state index in [4.69, 9.17) is 16.3 Å². The van der Waals surface area contributed by atoms with Gasteiger partial charge < -0.3 is 20.5 Å². The normalized spacial score (nSPS) is 15.1. The smallest absolute Gasteiger partial charge is 0.325 e. The maximum absolute atomic E-state index is 12.3. The van der Waals surface area contributed by atoms with Crippen LogP contribution in [-0.4, -0.2) is 54.8 Å². The maximum atomic E-state index is 12.3. The summed E-state index contributed by atoms with van der Waals surface area (Å²) < 4.78 is 4.95. The second kappa shape index (κ2) is 7.50. The zero-order chi connectivity index (χ0) is 17.7. The summed E-state index contributed by atoms with van der Waals surface area (Å²) in [4.78, 5) is 36.5. The molecule has 0 atom stereocenters. The molecule has 8 nitrogen and oxygen atoms in total. The van der Waals surface area contributed by atoms with Crippen LogP contribution in [0.25, 0.3) is 0 Å². The minimum absolute atomic E-state index is 0.0414. The van der Waals surface area contributed by atoms with Gasteiger partial charge in [0.15, 0.2) is 0 Å². The lowest BCUT2D eigenvalue weighted by Crippen LogP contribution is -2.60. The van der Waals surface area contributed by atoms with Crippen LogP contribution in [0.2, 0.25) is 5.02 Å². The minimum atomic E-state index is -1.26. The Hall–Kier alpha value is -2.32. The summed E-state index contributed by atoms with van der Waals surface area (Å²) in [6, 6.07) is 5.49. The van der Waals surface area contributed by atoms with Gasteiger partial charge in [-0.05, 0) is 17.7 Å². The van der Waals surface area contributed by atoms with Crippen molar-refractivity contribution in [1.29, 1.82) is 0 Å². The van der Waals surface area contributed by atoms with Crippen LogP contribution in [0, 0.1) is 5.41 Å². The molecule has 1 aromatic carbocycles. The molecule has 0 bridgehead atoms. The number of imide groups is 1. The molecule has 130 valence electrons. The second-order valence-electron chi connectivity index (χ2n) is 5.50. The fourth-order valence-electron chi connectivity index (χ4n) is 2.18. The number of carboxylic acid groups (broad SMARTS) is 1. The summed E-state index contributed by atoms with van der Waals surface area (Å²) in [5.41, 5.74) is -0.464.